The molecule has 0 saturated carbocycles. The molecule has 0 saturated heterocycles. The van der Waals surface area contributed by atoms with Crippen LogP contribution in [0.15, 0.2) is 36.4 Å². The van der Waals surface area contributed by atoms with Crippen molar-refractivity contribution in [3.05, 3.63) is 47.2 Å². The number of nitrogens with one attached hydrogen (secondary N) is 1. The maximum absolute atomic E-state index is 13.8. The first-order chi connectivity index (χ1) is 10.2. The number of fused-ring (bicyclic) bond motifs is 1. The van der Waals surface area contributed by atoms with E-state index in [2.05, 4.69) is 10.3 Å². The summed E-state index contributed by atoms with van der Waals surface area (Å²) in [7, 11) is 0. The largest absolute Gasteiger partial charge is 0.494 e. The van der Waals surface area contributed by atoms with Crippen LogP contribution in [0.4, 0.5) is 15.2 Å². The summed E-state index contributed by atoms with van der Waals surface area (Å²) in [5.74, 6) is 0.398. The maximum atomic E-state index is 13.8. The van der Waals surface area contributed by atoms with E-state index in [4.69, 9.17) is 16.3 Å². The summed E-state index contributed by atoms with van der Waals surface area (Å²) < 4.78 is 20.2. The number of rotatable bonds is 4. The van der Waals surface area contributed by atoms with Gasteiger partial charge in [0.25, 0.3) is 0 Å². The smallest absolute Gasteiger partial charge is 0.188 e. The predicted molar refractivity (Wildman–Crippen MR) is 85.5 cm³/mol. The minimum Gasteiger partial charge on any atom is -0.494 e. The van der Waals surface area contributed by atoms with Gasteiger partial charge in [0.1, 0.15) is 11.6 Å². The zero-order chi connectivity index (χ0) is 14.8. The van der Waals surface area contributed by atoms with Crippen LogP contribution in [-0.4, -0.2) is 11.6 Å². The van der Waals surface area contributed by atoms with Crippen molar-refractivity contribution in [2.45, 2.75) is 6.92 Å². The van der Waals surface area contributed by atoms with Crippen LogP contribution in [0.3, 0.4) is 0 Å². The Hall–Kier alpha value is -1.85. The molecular weight excluding hydrogens is 311 g/mol. The van der Waals surface area contributed by atoms with Crippen LogP contribution < -0.4 is 10.1 Å². The third-order valence-corrected chi connectivity index (χ3v) is 4.01. The van der Waals surface area contributed by atoms with E-state index in [1.54, 1.807) is 12.1 Å². The Morgan fingerprint density at radius 2 is 2.14 bits per heavy atom. The van der Waals surface area contributed by atoms with Crippen molar-refractivity contribution >= 4 is 44.0 Å². The highest BCUT2D eigenvalue weighted by Crippen LogP contribution is 2.32. The number of halogens is 2. The number of benzene rings is 2. The van der Waals surface area contributed by atoms with E-state index in [9.17, 15) is 4.39 Å². The summed E-state index contributed by atoms with van der Waals surface area (Å²) in [4.78, 5) is 4.42. The van der Waals surface area contributed by atoms with Crippen LogP contribution in [0.1, 0.15) is 6.92 Å². The molecule has 3 rings (SSSR count). The molecule has 1 heterocycles. The Kier molecular flexibility index (Phi) is 3.94. The van der Waals surface area contributed by atoms with Crippen LogP contribution in [0.5, 0.6) is 5.75 Å². The fraction of sp³-hybridized carbons (Fsp3) is 0.133. The molecule has 0 bridgehead atoms. The zero-order valence-electron chi connectivity index (χ0n) is 11.2. The van der Waals surface area contributed by atoms with E-state index in [0.717, 1.165) is 16.0 Å². The van der Waals surface area contributed by atoms with Crippen molar-refractivity contribution in [3.8, 4) is 5.75 Å². The molecule has 0 aliphatic rings. The SMILES string of the molecule is CCOc1ccc2nc(Nc3ccc(Cl)cc3F)sc2c1. The third-order valence-electron chi connectivity index (χ3n) is 2.84. The van der Waals surface area contributed by atoms with E-state index in [1.807, 2.05) is 25.1 Å². The highest BCUT2D eigenvalue weighted by molar-refractivity contribution is 7.22. The Labute approximate surface area is 130 Å². The second-order valence-corrected chi connectivity index (χ2v) is 5.80. The second-order valence-electron chi connectivity index (χ2n) is 4.33. The van der Waals surface area contributed by atoms with E-state index in [-0.39, 0.29) is 0 Å². The van der Waals surface area contributed by atoms with Crippen LogP contribution in [0.25, 0.3) is 10.2 Å². The summed E-state index contributed by atoms with van der Waals surface area (Å²) in [6, 6.07) is 10.2. The number of nitrogens with zero attached hydrogens (tertiary/aromatic N) is 1. The highest BCUT2D eigenvalue weighted by atomic mass is 35.5. The Morgan fingerprint density at radius 1 is 1.29 bits per heavy atom. The van der Waals surface area contributed by atoms with Gasteiger partial charge in [-0.15, -0.1) is 0 Å². The minimum absolute atomic E-state index is 0.350. The number of hydrogen-bond donors (Lipinski definition) is 1. The Bertz CT molecular complexity index is 790. The van der Waals surface area contributed by atoms with Crippen molar-refractivity contribution in [3.63, 3.8) is 0 Å². The molecule has 6 heteroatoms. The van der Waals surface area contributed by atoms with Crippen molar-refractivity contribution < 1.29 is 9.13 Å². The summed E-state index contributed by atoms with van der Waals surface area (Å²) >= 11 is 7.18. The van der Waals surface area contributed by atoms with E-state index in [1.165, 1.54) is 17.4 Å². The topological polar surface area (TPSA) is 34.1 Å². The van der Waals surface area contributed by atoms with Gasteiger partial charge in [-0.05, 0) is 43.3 Å². The van der Waals surface area contributed by atoms with Gasteiger partial charge >= 0.3 is 0 Å². The molecule has 0 atom stereocenters. The number of anilines is 2. The zero-order valence-corrected chi connectivity index (χ0v) is 12.8. The molecule has 3 aromatic rings. The standard InChI is InChI=1S/C15H12ClFN2OS/c1-2-20-10-4-6-13-14(8-10)21-15(19-13)18-12-5-3-9(16)7-11(12)17/h3-8H,2H2,1H3,(H,18,19). The molecule has 1 N–H and O–H groups in total. The Morgan fingerprint density at radius 3 is 2.90 bits per heavy atom. The minimum atomic E-state index is -0.406. The molecule has 21 heavy (non-hydrogen) atoms. The van der Waals surface area contributed by atoms with Gasteiger partial charge in [-0.25, -0.2) is 9.37 Å². The lowest BCUT2D eigenvalue weighted by Crippen LogP contribution is -1.92. The van der Waals surface area contributed by atoms with Gasteiger partial charge < -0.3 is 10.1 Å². The lowest BCUT2D eigenvalue weighted by molar-refractivity contribution is 0.341. The molecule has 0 aliphatic carbocycles. The van der Waals surface area contributed by atoms with Crippen LogP contribution in [0, 0.1) is 5.82 Å². The van der Waals surface area contributed by atoms with Crippen LogP contribution >= 0.6 is 22.9 Å². The highest BCUT2D eigenvalue weighted by Gasteiger charge is 2.08. The molecule has 0 radical (unpaired) electrons. The number of hydrogen-bond acceptors (Lipinski definition) is 4. The van der Waals surface area contributed by atoms with E-state index in [0.29, 0.717) is 22.4 Å². The average Bonchev–Trinajstić information content (AvgIpc) is 2.84. The lowest BCUT2D eigenvalue weighted by atomic mass is 10.3. The molecule has 0 unspecified atom stereocenters. The molecule has 0 amide bonds. The summed E-state index contributed by atoms with van der Waals surface area (Å²) in [6.45, 7) is 2.55. The average molecular weight is 323 g/mol. The summed E-state index contributed by atoms with van der Waals surface area (Å²) in [5, 5.41) is 3.96. The van der Waals surface area contributed by atoms with Crippen molar-refractivity contribution in [1.29, 1.82) is 0 Å². The number of aromatic nitrogens is 1. The van der Waals surface area contributed by atoms with Gasteiger partial charge in [-0.2, -0.15) is 0 Å². The first-order valence-corrected chi connectivity index (χ1v) is 7.60. The van der Waals surface area contributed by atoms with Gasteiger partial charge in [-0.3, -0.25) is 0 Å². The van der Waals surface area contributed by atoms with Crippen LogP contribution in [0.2, 0.25) is 5.02 Å². The quantitative estimate of drug-likeness (QED) is 0.714. The fourth-order valence-electron chi connectivity index (χ4n) is 1.92. The fourth-order valence-corrected chi connectivity index (χ4v) is 2.99. The first-order valence-electron chi connectivity index (χ1n) is 6.41. The van der Waals surface area contributed by atoms with Gasteiger partial charge in [0.05, 0.1) is 22.5 Å². The maximum Gasteiger partial charge on any atom is 0.188 e. The molecular formula is C15H12ClFN2OS. The first kappa shape index (κ1) is 14.1. The van der Waals surface area contributed by atoms with Crippen LogP contribution in [-0.2, 0) is 0 Å². The van der Waals surface area contributed by atoms with Gasteiger partial charge in [-0.1, -0.05) is 22.9 Å². The van der Waals surface area contributed by atoms with E-state index < -0.39 is 5.82 Å². The van der Waals surface area contributed by atoms with Gasteiger partial charge in [0.15, 0.2) is 5.13 Å². The molecule has 108 valence electrons. The number of ether oxygens (including phenoxy) is 1. The monoisotopic (exact) mass is 322 g/mol. The molecule has 0 aliphatic heterocycles. The lowest BCUT2D eigenvalue weighted by Gasteiger charge is -2.03. The van der Waals surface area contributed by atoms with E-state index >= 15 is 0 Å². The van der Waals surface area contributed by atoms with Gasteiger partial charge in [0, 0.05) is 5.02 Å². The molecule has 2 aromatic carbocycles. The molecule has 0 fully saturated rings. The summed E-state index contributed by atoms with van der Waals surface area (Å²) in [5.41, 5.74) is 1.20. The molecule has 0 spiro atoms. The normalized spacial score (nSPS) is 10.8. The molecule has 3 nitrogen and oxygen atoms in total. The second kappa shape index (κ2) is 5.87. The summed E-state index contributed by atoms with van der Waals surface area (Å²) in [6.07, 6.45) is 0. The van der Waals surface area contributed by atoms with Gasteiger partial charge in [0.2, 0.25) is 0 Å². The predicted octanol–water partition coefficient (Wildman–Crippen LogP) is 5.23. The molecule has 1 aromatic heterocycles. The number of thiazole rings is 1. The van der Waals surface area contributed by atoms with Crippen molar-refractivity contribution in [1.82, 2.24) is 4.98 Å². The van der Waals surface area contributed by atoms with Crippen molar-refractivity contribution in [2.24, 2.45) is 0 Å². The third kappa shape index (κ3) is 3.09. The Balaban J connectivity index is 1.90. The van der Waals surface area contributed by atoms with Crippen molar-refractivity contribution in [2.75, 3.05) is 11.9 Å².